The maximum absolute atomic E-state index is 11.2. The number of H-pyrrole nitrogens is 1. The summed E-state index contributed by atoms with van der Waals surface area (Å²) in [7, 11) is 0. The Hall–Kier alpha value is -2.28. The van der Waals surface area contributed by atoms with E-state index in [-0.39, 0.29) is 22.1 Å². The monoisotopic (exact) mass is 263 g/mol. The van der Waals surface area contributed by atoms with Gasteiger partial charge in [-0.3, -0.25) is 4.79 Å². The summed E-state index contributed by atoms with van der Waals surface area (Å²) in [5.74, 6) is -0.946. The van der Waals surface area contributed by atoms with Crippen LogP contribution in [0.4, 0.5) is 5.82 Å². The highest BCUT2D eigenvalue weighted by atomic mass is 32.2. The molecule has 0 aliphatic rings. The number of aromatic amines is 1. The van der Waals surface area contributed by atoms with Crippen LogP contribution in [0.5, 0.6) is 0 Å². The summed E-state index contributed by atoms with van der Waals surface area (Å²) in [6, 6.07) is 7.61. The Balaban J connectivity index is 2.40. The zero-order chi connectivity index (χ0) is 13.1. The number of aromatic carboxylic acids is 1. The molecule has 0 amide bonds. The molecule has 1 aromatic carbocycles. The summed E-state index contributed by atoms with van der Waals surface area (Å²) < 4.78 is 0. The first-order valence-corrected chi connectivity index (χ1v) is 5.75. The predicted molar refractivity (Wildman–Crippen MR) is 66.8 cm³/mol. The van der Waals surface area contributed by atoms with Gasteiger partial charge in [-0.15, -0.1) is 0 Å². The molecule has 7 heteroatoms. The van der Waals surface area contributed by atoms with Gasteiger partial charge in [0.25, 0.3) is 5.56 Å². The molecule has 0 radical (unpaired) electrons. The van der Waals surface area contributed by atoms with Crippen molar-refractivity contribution < 1.29 is 9.90 Å². The average Bonchev–Trinajstić information content (AvgIpc) is 2.27. The molecule has 4 N–H and O–H groups in total. The van der Waals surface area contributed by atoms with Crippen LogP contribution < -0.4 is 11.3 Å². The molecule has 0 unspecified atom stereocenters. The Morgan fingerprint density at radius 3 is 2.78 bits per heavy atom. The number of carboxylic acid groups (broad SMARTS) is 1. The van der Waals surface area contributed by atoms with Crippen molar-refractivity contribution in [1.29, 1.82) is 0 Å². The van der Waals surface area contributed by atoms with Gasteiger partial charge < -0.3 is 15.8 Å². The molecule has 0 bridgehead atoms. The average molecular weight is 263 g/mol. The SMILES string of the molecule is Nc1cc(=O)[nH]c(Sc2ccccc2C(=O)O)n1. The summed E-state index contributed by atoms with van der Waals surface area (Å²) >= 11 is 1.04. The second kappa shape index (κ2) is 4.92. The van der Waals surface area contributed by atoms with E-state index in [1.165, 1.54) is 6.07 Å². The molecule has 0 saturated carbocycles. The van der Waals surface area contributed by atoms with Gasteiger partial charge in [0.15, 0.2) is 5.16 Å². The molecule has 0 aliphatic carbocycles. The van der Waals surface area contributed by atoms with Crippen LogP contribution in [0.2, 0.25) is 0 Å². The molecular formula is C11H9N3O3S. The number of hydrogen-bond acceptors (Lipinski definition) is 5. The second-order valence-corrected chi connectivity index (χ2v) is 4.41. The molecule has 0 saturated heterocycles. The van der Waals surface area contributed by atoms with E-state index in [9.17, 15) is 9.59 Å². The number of nitrogens with two attached hydrogens (primary N) is 1. The quantitative estimate of drug-likeness (QED) is 0.718. The topological polar surface area (TPSA) is 109 Å². The number of carbonyl (C=O) groups is 1. The fourth-order valence-electron chi connectivity index (χ4n) is 1.34. The van der Waals surface area contributed by atoms with Crippen LogP contribution in [0.25, 0.3) is 0 Å². The number of rotatable bonds is 3. The van der Waals surface area contributed by atoms with Gasteiger partial charge >= 0.3 is 5.97 Å². The van der Waals surface area contributed by atoms with Crippen LogP contribution in [0.3, 0.4) is 0 Å². The smallest absolute Gasteiger partial charge is 0.336 e. The van der Waals surface area contributed by atoms with Gasteiger partial charge in [-0.2, -0.15) is 0 Å². The maximum atomic E-state index is 11.2. The second-order valence-electron chi connectivity index (χ2n) is 3.38. The zero-order valence-corrected chi connectivity index (χ0v) is 9.90. The van der Waals surface area contributed by atoms with Crippen molar-refractivity contribution in [2.75, 3.05) is 5.73 Å². The van der Waals surface area contributed by atoms with E-state index in [2.05, 4.69) is 9.97 Å². The highest BCUT2D eigenvalue weighted by molar-refractivity contribution is 7.99. The first kappa shape index (κ1) is 12.2. The normalized spacial score (nSPS) is 10.2. The van der Waals surface area contributed by atoms with Crippen molar-refractivity contribution >= 4 is 23.5 Å². The fraction of sp³-hybridized carbons (Fsp3) is 0. The van der Waals surface area contributed by atoms with Gasteiger partial charge in [-0.25, -0.2) is 9.78 Å². The number of nitrogen functional groups attached to an aromatic ring is 1. The van der Waals surface area contributed by atoms with Crippen LogP contribution in [0.15, 0.2) is 45.2 Å². The largest absolute Gasteiger partial charge is 0.478 e. The molecule has 0 fully saturated rings. The van der Waals surface area contributed by atoms with Crippen molar-refractivity contribution in [3.8, 4) is 0 Å². The van der Waals surface area contributed by atoms with Gasteiger partial charge in [0.1, 0.15) is 5.82 Å². The zero-order valence-electron chi connectivity index (χ0n) is 9.08. The molecule has 0 atom stereocenters. The molecule has 0 aliphatic heterocycles. The van der Waals surface area contributed by atoms with E-state index < -0.39 is 5.97 Å². The van der Waals surface area contributed by atoms with Gasteiger partial charge in [0, 0.05) is 11.0 Å². The third-order valence-electron chi connectivity index (χ3n) is 2.06. The van der Waals surface area contributed by atoms with Crippen LogP contribution >= 0.6 is 11.8 Å². The number of carboxylic acids is 1. The minimum absolute atomic E-state index is 0.0917. The van der Waals surface area contributed by atoms with E-state index in [1.54, 1.807) is 18.2 Å². The molecule has 0 spiro atoms. The van der Waals surface area contributed by atoms with Gasteiger partial charge in [-0.05, 0) is 12.1 Å². The van der Waals surface area contributed by atoms with E-state index >= 15 is 0 Å². The molecular weight excluding hydrogens is 254 g/mol. The minimum atomic E-state index is -1.04. The Morgan fingerprint density at radius 2 is 2.11 bits per heavy atom. The summed E-state index contributed by atoms with van der Waals surface area (Å²) in [5, 5.41) is 9.28. The number of hydrogen-bond donors (Lipinski definition) is 3. The number of nitrogens with one attached hydrogen (secondary N) is 1. The fourth-order valence-corrected chi connectivity index (χ4v) is 2.26. The molecule has 18 heavy (non-hydrogen) atoms. The van der Waals surface area contributed by atoms with E-state index in [1.807, 2.05) is 0 Å². The molecule has 2 aromatic rings. The third kappa shape index (κ3) is 2.69. The molecule has 1 aromatic heterocycles. The first-order chi connectivity index (χ1) is 8.56. The van der Waals surface area contributed by atoms with Crippen LogP contribution in [-0.4, -0.2) is 21.0 Å². The summed E-state index contributed by atoms with van der Waals surface area (Å²) in [4.78, 5) is 29.1. The van der Waals surface area contributed by atoms with Crippen LogP contribution in [0.1, 0.15) is 10.4 Å². The minimum Gasteiger partial charge on any atom is -0.478 e. The first-order valence-electron chi connectivity index (χ1n) is 4.93. The van der Waals surface area contributed by atoms with Crippen LogP contribution in [0, 0.1) is 0 Å². The summed E-state index contributed by atoms with van der Waals surface area (Å²) in [6.45, 7) is 0. The standard InChI is InChI=1S/C11H9N3O3S/c12-8-5-9(15)14-11(13-8)18-7-4-2-1-3-6(7)10(16)17/h1-5H,(H,16,17)(H3,12,13,14,15). The van der Waals surface area contributed by atoms with E-state index in [0.717, 1.165) is 17.8 Å². The van der Waals surface area contributed by atoms with Crippen molar-refractivity contribution in [2.24, 2.45) is 0 Å². The Labute approximate surface area is 106 Å². The Morgan fingerprint density at radius 1 is 1.39 bits per heavy atom. The number of nitrogens with zero attached hydrogens (tertiary/aromatic N) is 1. The van der Waals surface area contributed by atoms with E-state index in [4.69, 9.17) is 10.8 Å². The van der Waals surface area contributed by atoms with Crippen molar-refractivity contribution in [1.82, 2.24) is 9.97 Å². The molecule has 92 valence electrons. The van der Waals surface area contributed by atoms with Gasteiger partial charge in [0.05, 0.1) is 5.56 Å². The summed E-state index contributed by atoms with van der Waals surface area (Å²) in [5.41, 5.74) is 5.22. The number of benzene rings is 1. The van der Waals surface area contributed by atoms with E-state index in [0.29, 0.717) is 4.90 Å². The molecule has 2 rings (SSSR count). The lowest BCUT2D eigenvalue weighted by atomic mass is 10.2. The maximum Gasteiger partial charge on any atom is 0.336 e. The Kier molecular flexibility index (Phi) is 3.33. The predicted octanol–water partition coefficient (Wildman–Crippen LogP) is 1.20. The lowest BCUT2D eigenvalue weighted by Crippen LogP contribution is -2.09. The highest BCUT2D eigenvalue weighted by Gasteiger charge is 2.11. The summed E-state index contributed by atoms with van der Waals surface area (Å²) in [6.07, 6.45) is 0. The van der Waals surface area contributed by atoms with Crippen LogP contribution in [-0.2, 0) is 0 Å². The number of aromatic nitrogens is 2. The van der Waals surface area contributed by atoms with Gasteiger partial charge in [-0.1, -0.05) is 23.9 Å². The third-order valence-corrected chi connectivity index (χ3v) is 3.03. The molecule has 1 heterocycles. The van der Waals surface area contributed by atoms with Crippen molar-refractivity contribution in [2.45, 2.75) is 10.1 Å². The van der Waals surface area contributed by atoms with Crippen molar-refractivity contribution in [3.63, 3.8) is 0 Å². The molecule has 6 nitrogen and oxygen atoms in total. The van der Waals surface area contributed by atoms with Gasteiger partial charge in [0.2, 0.25) is 0 Å². The highest BCUT2D eigenvalue weighted by Crippen LogP contribution is 2.27. The van der Waals surface area contributed by atoms with Crippen molar-refractivity contribution in [3.05, 3.63) is 46.2 Å². The lowest BCUT2D eigenvalue weighted by molar-refractivity contribution is 0.0693. The Bertz CT molecular complexity index is 654. The lowest BCUT2D eigenvalue weighted by Gasteiger charge is -2.04. The number of anilines is 1.